The summed E-state index contributed by atoms with van der Waals surface area (Å²) < 4.78 is 0. The summed E-state index contributed by atoms with van der Waals surface area (Å²) in [4.78, 5) is 11.4. The molecule has 0 atom stereocenters. The molecule has 0 radical (unpaired) electrons. The number of nitriles is 1. The Kier molecular flexibility index (Phi) is 14.8. The first-order valence-corrected chi connectivity index (χ1v) is 6.77. The van der Waals surface area contributed by atoms with Gasteiger partial charge in [-0.2, -0.15) is 5.26 Å². The molecule has 0 aliphatic carbocycles. The fraction of sp³-hybridized carbons (Fsp3) is 0.375. The fourth-order valence-corrected chi connectivity index (χ4v) is 0.891. The Hall–Kier alpha value is -2.28. The number of aromatic nitrogens is 3. The quantitative estimate of drug-likeness (QED) is 0.724. The third-order valence-corrected chi connectivity index (χ3v) is 1.76. The van der Waals surface area contributed by atoms with E-state index in [1.807, 2.05) is 59.7 Å². The zero-order valence-corrected chi connectivity index (χ0v) is 13.3. The molecule has 2 rings (SSSR count). The van der Waals surface area contributed by atoms with Gasteiger partial charge in [0.15, 0.2) is 0 Å². The van der Waals surface area contributed by atoms with Gasteiger partial charge in [-0.05, 0) is 31.5 Å². The van der Waals surface area contributed by atoms with Gasteiger partial charge in [0.2, 0.25) is 0 Å². The van der Waals surface area contributed by atoms with Crippen LogP contribution in [0.5, 0.6) is 0 Å². The Labute approximate surface area is 122 Å². The van der Waals surface area contributed by atoms with Gasteiger partial charge in [0.25, 0.3) is 0 Å². The van der Waals surface area contributed by atoms with Crippen molar-refractivity contribution in [2.75, 3.05) is 0 Å². The molecular formula is C16H24N4. The number of hydrogen-bond donors (Lipinski definition) is 0. The Morgan fingerprint density at radius 3 is 1.90 bits per heavy atom. The van der Waals surface area contributed by atoms with Crippen LogP contribution in [0.4, 0.5) is 0 Å². The summed E-state index contributed by atoms with van der Waals surface area (Å²) in [5.74, 6) is 0. The summed E-state index contributed by atoms with van der Waals surface area (Å²) >= 11 is 0. The van der Waals surface area contributed by atoms with E-state index in [0.717, 1.165) is 11.3 Å². The van der Waals surface area contributed by atoms with Gasteiger partial charge in [-0.3, -0.25) is 0 Å². The van der Waals surface area contributed by atoms with Gasteiger partial charge in [-0.15, -0.1) is 0 Å². The van der Waals surface area contributed by atoms with E-state index >= 15 is 0 Å². The summed E-state index contributed by atoms with van der Waals surface area (Å²) in [6.45, 7) is 11.9. The number of rotatable bonds is 0. The van der Waals surface area contributed by atoms with Crippen molar-refractivity contribution >= 4 is 0 Å². The van der Waals surface area contributed by atoms with E-state index in [-0.39, 0.29) is 0 Å². The summed E-state index contributed by atoms with van der Waals surface area (Å²) in [6, 6.07) is 7.37. The first kappa shape index (κ1) is 20.0. The lowest BCUT2D eigenvalue weighted by Gasteiger charge is -1.87. The van der Waals surface area contributed by atoms with E-state index in [9.17, 15) is 0 Å². The van der Waals surface area contributed by atoms with Gasteiger partial charge >= 0.3 is 0 Å². The third-order valence-electron chi connectivity index (χ3n) is 1.76. The van der Waals surface area contributed by atoms with Crippen LogP contribution in [0.25, 0.3) is 0 Å². The highest BCUT2D eigenvalue weighted by Gasteiger charge is 1.86. The molecule has 0 bridgehead atoms. The number of pyridine rings is 1. The Balaban J connectivity index is 0. The Bertz CT molecular complexity index is 458. The smallest absolute Gasteiger partial charge is 0.140 e. The van der Waals surface area contributed by atoms with Crippen molar-refractivity contribution in [2.45, 2.75) is 41.5 Å². The maximum atomic E-state index is 8.32. The lowest BCUT2D eigenvalue weighted by atomic mass is 10.3. The second-order valence-electron chi connectivity index (χ2n) is 3.18. The van der Waals surface area contributed by atoms with Crippen LogP contribution in [-0.2, 0) is 0 Å². The second kappa shape index (κ2) is 14.8. The molecule has 0 aromatic carbocycles. The van der Waals surface area contributed by atoms with Crippen molar-refractivity contribution in [3.05, 3.63) is 53.9 Å². The molecule has 2 aromatic rings. The van der Waals surface area contributed by atoms with Crippen LogP contribution in [0.2, 0.25) is 0 Å². The number of hydrogen-bond acceptors (Lipinski definition) is 4. The minimum absolute atomic E-state index is 0.473. The van der Waals surface area contributed by atoms with E-state index < -0.39 is 0 Å². The third kappa shape index (κ3) is 10.8. The van der Waals surface area contributed by atoms with Gasteiger partial charge in [-0.25, -0.2) is 15.0 Å². The van der Waals surface area contributed by atoms with Crippen LogP contribution < -0.4 is 0 Å². The molecule has 2 aromatic heterocycles. The first-order valence-electron chi connectivity index (χ1n) is 6.77. The summed E-state index contributed by atoms with van der Waals surface area (Å²) in [5.41, 5.74) is 2.56. The average molecular weight is 272 g/mol. The fourth-order valence-electron chi connectivity index (χ4n) is 0.891. The van der Waals surface area contributed by atoms with Crippen molar-refractivity contribution in [1.29, 1.82) is 5.26 Å². The van der Waals surface area contributed by atoms with Gasteiger partial charge < -0.3 is 0 Å². The van der Waals surface area contributed by atoms with Crippen molar-refractivity contribution < 1.29 is 0 Å². The van der Waals surface area contributed by atoms with E-state index in [2.05, 4.69) is 15.0 Å². The van der Waals surface area contributed by atoms with Gasteiger partial charge in [0.1, 0.15) is 18.1 Å². The molecule has 0 fully saturated rings. The Morgan fingerprint density at radius 2 is 1.60 bits per heavy atom. The zero-order chi connectivity index (χ0) is 15.8. The van der Waals surface area contributed by atoms with Crippen LogP contribution in [0.15, 0.2) is 36.9 Å². The van der Waals surface area contributed by atoms with Crippen LogP contribution in [-0.4, -0.2) is 15.0 Å². The van der Waals surface area contributed by atoms with E-state index in [0.29, 0.717) is 5.69 Å². The second-order valence-corrected chi connectivity index (χ2v) is 3.18. The highest BCUT2D eigenvalue weighted by molar-refractivity contribution is 5.22. The van der Waals surface area contributed by atoms with Crippen LogP contribution in [0.3, 0.4) is 0 Å². The largest absolute Gasteiger partial charge is 0.245 e. The highest BCUT2D eigenvalue weighted by Crippen LogP contribution is 1.95. The molecule has 0 unspecified atom stereocenters. The lowest BCUT2D eigenvalue weighted by Crippen LogP contribution is -1.80. The average Bonchev–Trinajstić information content (AvgIpc) is 2.53. The van der Waals surface area contributed by atoms with Crippen molar-refractivity contribution in [1.82, 2.24) is 15.0 Å². The monoisotopic (exact) mass is 272 g/mol. The van der Waals surface area contributed by atoms with Crippen molar-refractivity contribution in [3.63, 3.8) is 0 Å². The molecule has 0 saturated carbocycles. The van der Waals surface area contributed by atoms with Crippen LogP contribution in [0, 0.1) is 25.2 Å². The van der Waals surface area contributed by atoms with Crippen LogP contribution >= 0.6 is 0 Å². The molecule has 0 aliphatic rings. The molecule has 108 valence electrons. The lowest BCUT2D eigenvalue weighted by molar-refractivity contribution is 1.10. The predicted molar refractivity (Wildman–Crippen MR) is 83.2 cm³/mol. The SMILES string of the molecule is CC.CC.Cc1ccc(C#N)nc1.Cc1ccncn1. The van der Waals surface area contributed by atoms with Crippen LogP contribution in [0.1, 0.15) is 44.6 Å². The minimum atomic E-state index is 0.473. The van der Waals surface area contributed by atoms with E-state index in [4.69, 9.17) is 5.26 Å². The normalized spacial score (nSPS) is 7.45. The summed E-state index contributed by atoms with van der Waals surface area (Å²) in [5, 5.41) is 8.32. The molecule has 4 nitrogen and oxygen atoms in total. The Morgan fingerprint density at radius 1 is 0.950 bits per heavy atom. The highest BCUT2D eigenvalue weighted by atomic mass is 14.8. The van der Waals surface area contributed by atoms with E-state index in [1.165, 1.54) is 6.33 Å². The summed E-state index contributed by atoms with van der Waals surface area (Å²) in [7, 11) is 0. The molecule has 0 amide bonds. The predicted octanol–water partition coefficient (Wildman–Crippen LogP) is 4.10. The molecule has 0 aliphatic heterocycles. The molecule has 0 N–H and O–H groups in total. The molecular weight excluding hydrogens is 248 g/mol. The molecule has 2 heterocycles. The topological polar surface area (TPSA) is 62.5 Å². The van der Waals surface area contributed by atoms with Crippen molar-refractivity contribution in [3.8, 4) is 6.07 Å². The molecule has 20 heavy (non-hydrogen) atoms. The maximum Gasteiger partial charge on any atom is 0.140 e. The molecule has 4 heteroatoms. The first-order chi connectivity index (χ1) is 9.72. The minimum Gasteiger partial charge on any atom is -0.245 e. The number of nitrogens with zero attached hydrogens (tertiary/aromatic N) is 4. The number of aryl methyl sites for hydroxylation is 2. The maximum absolute atomic E-state index is 8.32. The van der Waals surface area contributed by atoms with Crippen molar-refractivity contribution in [2.24, 2.45) is 0 Å². The van der Waals surface area contributed by atoms with Gasteiger partial charge in [-0.1, -0.05) is 33.8 Å². The van der Waals surface area contributed by atoms with E-state index in [1.54, 1.807) is 18.5 Å². The molecule has 0 spiro atoms. The van der Waals surface area contributed by atoms with Gasteiger partial charge in [0, 0.05) is 18.1 Å². The zero-order valence-electron chi connectivity index (χ0n) is 13.3. The van der Waals surface area contributed by atoms with Gasteiger partial charge in [0.05, 0.1) is 0 Å². The summed E-state index contributed by atoms with van der Waals surface area (Å²) in [6.07, 6.45) is 4.94. The standard InChI is InChI=1S/C7H6N2.C5H6N2.2C2H6/c1-6-2-3-7(4-8)9-5-6;1-5-2-3-6-4-7-5;2*1-2/h2-3,5H,1H3;2-4H,1H3;2*1-2H3. The molecule has 0 saturated heterocycles.